The largest absolute Gasteiger partial charge is 0.504 e. The van der Waals surface area contributed by atoms with E-state index < -0.39 is 39.0 Å². The Morgan fingerprint density at radius 2 is 1.43 bits per heavy atom. The summed E-state index contributed by atoms with van der Waals surface area (Å²) >= 11 is -2.61. The molecule has 1 atom stereocenters. The van der Waals surface area contributed by atoms with Gasteiger partial charge in [-0.05, 0) is 6.07 Å². The second-order valence-electron chi connectivity index (χ2n) is 4.45. The molecule has 0 fully saturated rings. The van der Waals surface area contributed by atoms with E-state index in [0.29, 0.717) is 0 Å². The van der Waals surface area contributed by atoms with Gasteiger partial charge in [0, 0.05) is 16.7 Å². The maximum atomic E-state index is 12.4. The summed E-state index contributed by atoms with van der Waals surface area (Å²) in [6.45, 7) is 0. The van der Waals surface area contributed by atoms with Crippen molar-refractivity contribution in [1.29, 1.82) is 0 Å². The number of fused-ring (bicyclic) bond motifs is 2. The third-order valence-electron chi connectivity index (χ3n) is 3.32. The van der Waals surface area contributed by atoms with E-state index in [9.17, 15) is 24.0 Å². The predicted molar refractivity (Wildman–Crippen MR) is 72.1 cm³/mol. The molecule has 0 saturated carbocycles. The van der Waals surface area contributed by atoms with Crippen LogP contribution in [-0.2, 0) is 11.1 Å². The van der Waals surface area contributed by atoms with Crippen LogP contribution in [0.5, 0.6) is 11.5 Å². The molecule has 1 aliphatic rings. The molecule has 1 unspecified atom stereocenters. The van der Waals surface area contributed by atoms with Crippen LogP contribution in [0.1, 0.15) is 31.8 Å². The van der Waals surface area contributed by atoms with Gasteiger partial charge in [0.2, 0.25) is 0 Å². The van der Waals surface area contributed by atoms with E-state index in [1.807, 2.05) is 0 Å². The molecule has 0 saturated heterocycles. The summed E-state index contributed by atoms with van der Waals surface area (Å²) in [5.41, 5.74) is -0.297. The van der Waals surface area contributed by atoms with Gasteiger partial charge < -0.3 is 14.8 Å². The van der Waals surface area contributed by atoms with E-state index in [0.717, 1.165) is 6.07 Å². The summed E-state index contributed by atoms with van der Waals surface area (Å²) in [6, 6.07) is 7.01. The highest BCUT2D eigenvalue weighted by atomic mass is 32.2. The fourth-order valence-electron chi connectivity index (χ4n) is 2.34. The number of phenolic OH excluding ortho intramolecular Hbond substituents is 2. The molecule has 0 aromatic heterocycles. The molecular formula is C14H8O6S. The summed E-state index contributed by atoms with van der Waals surface area (Å²) in [5, 5.41) is 19.6. The minimum Gasteiger partial charge on any atom is -0.504 e. The fourth-order valence-corrected chi connectivity index (χ4v) is 2.82. The van der Waals surface area contributed by atoms with Crippen molar-refractivity contribution in [3.8, 4) is 11.5 Å². The van der Waals surface area contributed by atoms with Crippen molar-refractivity contribution in [3.63, 3.8) is 0 Å². The highest BCUT2D eigenvalue weighted by molar-refractivity contribution is 7.79. The maximum absolute atomic E-state index is 12.4. The summed E-state index contributed by atoms with van der Waals surface area (Å²) in [6.07, 6.45) is 0. The Bertz CT molecular complexity index is 840. The number of ketones is 2. The van der Waals surface area contributed by atoms with Crippen LogP contribution in [0, 0.1) is 0 Å². The van der Waals surface area contributed by atoms with Crippen molar-refractivity contribution in [2.75, 3.05) is 0 Å². The third kappa shape index (κ3) is 1.78. The lowest BCUT2D eigenvalue weighted by Gasteiger charge is -2.19. The molecule has 0 radical (unpaired) electrons. The van der Waals surface area contributed by atoms with Gasteiger partial charge in [0.05, 0.1) is 5.56 Å². The first-order valence-electron chi connectivity index (χ1n) is 5.81. The molecule has 0 bridgehead atoms. The molecule has 2 aromatic carbocycles. The highest BCUT2D eigenvalue weighted by Gasteiger charge is 2.34. The highest BCUT2D eigenvalue weighted by Crippen LogP contribution is 2.41. The quantitative estimate of drug-likeness (QED) is 0.463. The van der Waals surface area contributed by atoms with Crippen molar-refractivity contribution < 1.29 is 28.6 Å². The van der Waals surface area contributed by atoms with Gasteiger partial charge >= 0.3 is 0 Å². The van der Waals surface area contributed by atoms with Crippen LogP contribution >= 0.6 is 0 Å². The zero-order chi connectivity index (χ0) is 15.3. The molecule has 1 aliphatic carbocycles. The van der Waals surface area contributed by atoms with E-state index in [4.69, 9.17) is 4.55 Å². The Labute approximate surface area is 121 Å². The van der Waals surface area contributed by atoms with E-state index in [1.165, 1.54) is 12.1 Å². The van der Waals surface area contributed by atoms with Crippen molar-refractivity contribution in [3.05, 3.63) is 52.6 Å². The zero-order valence-electron chi connectivity index (χ0n) is 10.4. The SMILES string of the molecule is O=C1c2ccccc2C(=O)c2c1cc(S(=O)O)c(O)c2O. The van der Waals surface area contributed by atoms with Crippen molar-refractivity contribution in [2.45, 2.75) is 4.90 Å². The molecule has 6 nitrogen and oxygen atoms in total. The van der Waals surface area contributed by atoms with Crippen molar-refractivity contribution >= 4 is 22.6 Å². The Kier molecular flexibility index (Phi) is 2.89. The molecule has 2 aromatic rings. The first-order valence-corrected chi connectivity index (χ1v) is 6.92. The number of phenols is 2. The van der Waals surface area contributed by atoms with Gasteiger partial charge in [0.15, 0.2) is 34.1 Å². The number of carbonyl (C=O) groups is 2. The number of benzene rings is 2. The van der Waals surface area contributed by atoms with Crippen molar-refractivity contribution in [1.82, 2.24) is 0 Å². The second kappa shape index (κ2) is 4.51. The third-order valence-corrected chi connectivity index (χ3v) is 4.00. The lowest BCUT2D eigenvalue weighted by Crippen LogP contribution is -2.21. The van der Waals surface area contributed by atoms with Gasteiger partial charge in [0.25, 0.3) is 0 Å². The van der Waals surface area contributed by atoms with Gasteiger partial charge in [-0.25, -0.2) is 4.21 Å². The predicted octanol–water partition coefficient (Wildman–Crippen LogP) is 1.45. The number of carbonyl (C=O) groups excluding carboxylic acids is 2. The topological polar surface area (TPSA) is 112 Å². The number of rotatable bonds is 1. The first kappa shape index (κ1) is 13.5. The molecule has 0 spiro atoms. The Balaban J connectivity index is 2.38. The minimum atomic E-state index is -2.61. The number of aromatic hydroxyl groups is 2. The van der Waals surface area contributed by atoms with Crippen LogP contribution in [-0.4, -0.2) is 30.5 Å². The summed E-state index contributed by atoms with van der Waals surface area (Å²) < 4.78 is 20.2. The zero-order valence-corrected chi connectivity index (χ0v) is 11.2. The maximum Gasteiger partial charge on any atom is 0.198 e. The number of hydrogen-bond donors (Lipinski definition) is 3. The molecule has 3 N–H and O–H groups in total. The van der Waals surface area contributed by atoms with Gasteiger partial charge in [-0.15, -0.1) is 0 Å². The average Bonchev–Trinajstić information content (AvgIpc) is 2.47. The van der Waals surface area contributed by atoms with Crippen LogP contribution < -0.4 is 0 Å². The average molecular weight is 304 g/mol. The summed E-state index contributed by atoms with van der Waals surface area (Å²) in [4.78, 5) is 24.2. The van der Waals surface area contributed by atoms with Crippen LogP contribution in [0.25, 0.3) is 0 Å². The van der Waals surface area contributed by atoms with Crippen LogP contribution in [0.2, 0.25) is 0 Å². The van der Waals surface area contributed by atoms with Crippen LogP contribution in [0.15, 0.2) is 35.2 Å². The van der Waals surface area contributed by atoms with E-state index >= 15 is 0 Å². The second-order valence-corrected chi connectivity index (χ2v) is 5.39. The van der Waals surface area contributed by atoms with Gasteiger partial charge in [-0.2, -0.15) is 0 Å². The molecule has 3 rings (SSSR count). The van der Waals surface area contributed by atoms with Gasteiger partial charge in [-0.3, -0.25) is 9.59 Å². The standard InChI is InChI=1S/C14H8O6S/c15-11-6-3-1-2-4-7(6)12(16)10-8(11)5-9(21(19)20)13(17)14(10)18/h1-5,17-18H,(H,19,20). The Hall–Kier alpha value is -2.51. The molecule has 21 heavy (non-hydrogen) atoms. The van der Waals surface area contributed by atoms with Gasteiger partial charge in [0.1, 0.15) is 4.90 Å². The molecule has 7 heteroatoms. The lowest BCUT2D eigenvalue weighted by atomic mass is 9.83. The fraction of sp³-hybridized carbons (Fsp3) is 0. The van der Waals surface area contributed by atoms with Crippen LogP contribution in [0.3, 0.4) is 0 Å². The first-order chi connectivity index (χ1) is 9.93. The molecule has 0 amide bonds. The molecular weight excluding hydrogens is 296 g/mol. The summed E-state index contributed by atoms with van der Waals surface area (Å²) in [5.74, 6) is -2.92. The van der Waals surface area contributed by atoms with Gasteiger partial charge in [-0.1, -0.05) is 24.3 Å². The van der Waals surface area contributed by atoms with Crippen LogP contribution in [0.4, 0.5) is 0 Å². The van der Waals surface area contributed by atoms with E-state index in [1.54, 1.807) is 12.1 Å². The Morgan fingerprint density at radius 3 is 2.00 bits per heavy atom. The van der Waals surface area contributed by atoms with E-state index in [2.05, 4.69) is 0 Å². The molecule has 0 heterocycles. The normalized spacial score (nSPS) is 14.5. The number of hydrogen-bond acceptors (Lipinski definition) is 5. The molecule has 0 aliphatic heterocycles. The monoisotopic (exact) mass is 304 g/mol. The Morgan fingerprint density at radius 1 is 0.857 bits per heavy atom. The lowest BCUT2D eigenvalue weighted by molar-refractivity contribution is 0.0975. The van der Waals surface area contributed by atoms with Crippen molar-refractivity contribution in [2.24, 2.45) is 0 Å². The van der Waals surface area contributed by atoms with E-state index in [-0.39, 0.29) is 22.3 Å². The molecule has 106 valence electrons. The summed E-state index contributed by atoms with van der Waals surface area (Å²) in [7, 11) is 0. The minimum absolute atomic E-state index is 0.113. The smallest absolute Gasteiger partial charge is 0.198 e.